The maximum Gasteiger partial charge on any atom is 0.145 e. The summed E-state index contributed by atoms with van der Waals surface area (Å²) < 4.78 is 7.03. The van der Waals surface area contributed by atoms with Gasteiger partial charge in [0.2, 0.25) is 0 Å². The van der Waals surface area contributed by atoms with Crippen molar-refractivity contribution in [3.05, 3.63) is 211 Å². The molecule has 0 fully saturated rings. The van der Waals surface area contributed by atoms with Crippen LogP contribution in [0.5, 0.6) is 0 Å². The Bertz CT molecular complexity index is 3470. The van der Waals surface area contributed by atoms with E-state index in [0.717, 1.165) is 50.1 Å². The molecule has 278 valence electrons. The summed E-state index contributed by atoms with van der Waals surface area (Å²) >= 11 is 0. The first-order valence-electron chi connectivity index (χ1n) is 20.5. The molecule has 2 nitrogen and oxygen atoms in total. The molecule has 0 N–H and O–H groups in total. The minimum atomic E-state index is -0.148. The van der Waals surface area contributed by atoms with E-state index >= 15 is 0 Å². The van der Waals surface area contributed by atoms with Crippen LogP contribution in [0.1, 0.15) is 25.0 Å². The molecule has 0 aliphatic heterocycles. The van der Waals surface area contributed by atoms with Crippen molar-refractivity contribution in [1.82, 2.24) is 0 Å². The predicted molar refractivity (Wildman–Crippen MR) is 249 cm³/mol. The topological polar surface area (TPSA) is 16.4 Å². The molecule has 11 aromatic rings. The van der Waals surface area contributed by atoms with Gasteiger partial charge in [0.05, 0.1) is 16.8 Å². The third kappa shape index (κ3) is 5.00. The molecule has 1 aromatic heterocycles. The van der Waals surface area contributed by atoms with Crippen molar-refractivity contribution in [3.8, 4) is 33.4 Å². The first-order chi connectivity index (χ1) is 29.0. The monoisotopic (exact) mass is 753 g/mol. The van der Waals surface area contributed by atoms with E-state index in [1.165, 1.54) is 65.7 Å². The highest BCUT2D eigenvalue weighted by atomic mass is 16.3. The van der Waals surface area contributed by atoms with Gasteiger partial charge in [0, 0.05) is 27.6 Å². The van der Waals surface area contributed by atoms with Crippen molar-refractivity contribution in [1.29, 1.82) is 0 Å². The summed E-state index contributed by atoms with van der Waals surface area (Å²) in [6, 6.07) is 73.1. The average Bonchev–Trinajstić information content (AvgIpc) is 3.79. The van der Waals surface area contributed by atoms with Crippen LogP contribution >= 0.6 is 0 Å². The number of hydrogen-bond donors (Lipinski definition) is 0. The van der Waals surface area contributed by atoms with E-state index in [2.05, 4.69) is 219 Å². The van der Waals surface area contributed by atoms with E-state index in [0.29, 0.717) is 0 Å². The first-order valence-corrected chi connectivity index (χ1v) is 20.5. The Morgan fingerprint density at radius 2 is 1.03 bits per heavy atom. The SMILES string of the molecule is CC1(C)c2ccccc2-c2c(N(c3ccc(-c4cccc5ccccc45)cc3)c3ccc(-c4cc5ccccc5c5ccccc45)c4oc5ccccc5c34)cccc21. The molecule has 2 heteroatoms. The summed E-state index contributed by atoms with van der Waals surface area (Å²) in [5.41, 5.74) is 14.8. The summed E-state index contributed by atoms with van der Waals surface area (Å²) in [6.07, 6.45) is 0. The standard InChI is InChI=1S/C57H39NO/c1-57(2)49-25-11-9-22-46(49)54-50(57)26-14-27-51(54)58(39-31-29-37(30-32-39)41-24-13-17-36-15-3-5-18-40(36)41)52-34-33-45(56-55(52)47-23-10-12-28-53(47)59-56)48-35-38-16-4-6-19-42(38)43-20-7-8-21-44(43)48/h3-35H,1-2H3. The van der Waals surface area contributed by atoms with Crippen molar-refractivity contribution < 1.29 is 4.42 Å². The molecular formula is C57H39NO. The van der Waals surface area contributed by atoms with E-state index in [9.17, 15) is 0 Å². The Balaban J connectivity index is 1.15. The third-order valence-corrected chi connectivity index (χ3v) is 12.9. The Hall–Kier alpha value is -7.42. The minimum Gasteiger partial charge on any atom is -0.455 e. The average molecular weight is 754 g/mol. The highest BCUT2D eigenvalue weighted by Gasteiger charge is 2.38. The van der Waals surface area contributed by atoms with Gasteiger partial charge in [-0.05, 0) is 108 Å². The molecule has 0 amide bonds. The highest BCUT2D eigenvalue weighted by Crippen LogP contribution is 2.56. The zero-order chi connectivity index (χ0) is 39.2. The number of fused-ring (bicyclic) bond motifs is 10. The van der Waals surface area contributed by atoms with Crippen molar-refractivity contribution >= 4 is 71.3 Å². The smallest absolute Gasteiger partial charge is 0.145 e. The molecule has 0 saturated carbocycles. The van der Waals surface area contributed by atoms with Gasteiger partial charge in [-0.3, -0.25) is 0 Å². The molecule has 0 bridgehead atoms. The molecule has 0 radical (unpaired) electrons. The van der Waals surface area contributed by atoms with E-state index in [4.69, 9.17) is 4.42 Å². The Morgan fingerprint density at radius 1 is 0.407 bits per heavy atom. The van der Waals surface area contributed by atoms with Gasteiger partial charge in [-0.15, -0.1) is 0 Å². The summed E-state index contributed by atoms with van der Waals surface area (Å²) in [7, 11) is 0. The van der Waals surface area contributed by atoms with E-state index in [-0.39, 0.29) is 5.41 Å². The molecule has 59 heavy (non-hydrogen) atoms. The zero-order valence-electron chi connectivity index (χ0n) is 32.9. The molecule has 0 saturated heterocycles. The lowest BCUT2D eigenvalue weighted by atomic mass is 9.82. The first kappa shape index (κ1) is 33.7. The van der Waals surface area contributed by atoms with Gasteiger partial charge in [-0.25, -0.2) is 0 Å². The van der Waals surface area contributed by atoms with Crippen LogP contribution in [-0.2, 0) is 5.41 Å². The summed E-state index contributed by atoms with van der Waals surface area (Å²) in [5, 5.41) is 9.59. The van der Waals surface area contributed by atoms with Gasteiger partial charge >= 0.3 is 0 Å². The van der Waals surface area contributed by atoms with Gasteiger partial charge in [-0.1, -0.05) is 172 Å². The number of anilines is 3. The summed E-state index contributed by atoms with van der Waals surface area (Å²) in [4.78, 5) is 2.48. The zero-order valence-corrected chi connectivity index (χ0v) is 32.9. The van der Waals surface area contributed by atoms with Crippen molar-refractivity contribution in [3.63, 3.8) is 0 Å². The van der Waals surface area contributed by atoms with Crippen LogP contribution in [0.4, 0.5) is 17.1 Å². The van der Waals surface area contributed by atoms with Crippen molar-refractivity contribution in [2.75, 3.05) is 4.90 Å². The Labute approximate surface area is 343 Å². The quantitative estimate of drug-likeness (QED) is 0.163. The number of furan rings is 1. The van der Waals surface area contributed by atoms with Gasteiger partial charge in [0.15, 0.2) is 0 Å². The molecular weight excluding hydrogens is 715 g/mol. The number of hydrogen-bond acceptors (Lipinski definition) is 2. The second-order valence-corrected chi connectivity index (χ2v) is 16.4. The second kappa shape index (κ2) is 12.8. The van der Waals surface area contributed by atoms with Gasteiger partial charge < -0.3 is 9.32 Å². The molecule has 1 heterocycles. The fraction of sp³-hybridized carbons (Fsp3) is 0.0526. The fourth-order valence-corrected chi connectivity index (χ4v) is 10.1. The maximum absolute atomic E-state index is 7.03. The molecule has 1 aliphatic rings. The Morgan fingerprint density at radius 3 is 1.88 bits per heavy atom. The molecule has 0 spiro atoms. The summed E-state index contributed by atoms with van der Waals surface area (Å²) in [6.45, 7) is 4.71. The van der Waals surface area contributed by atoms with E-state index in [1.807, 2.05) is 0 Å². The third-order valence-electron chi connectivity index (χ3n) is 12.9. The van der Waals surface area contributed by atoms with Crippen molar-refractivity contribution in [2.24, 2.45) is 0 Å². The number of para-hydroxylation sites is 1. The van der Waals surface area contributed by atoms with Crippen molar-refractivity contribution in [2.45, 2.75) is 19.3 Å². The predicted octanol–water partition coefficient (Wildman–Crippen LogP) is 16.2. The second-order valence-electron chi connectivity index (χ2n) is 16.4. The lowest BCUT2D eigenvalue weighted by Crippen LogP contribution is -2.16. The summed E-state index contributed by atoms with van der Waals surface area (Å²) in [5.74, 6) is 0. The highest BCUT2D eigenvalue weighted by molar-refractivity contribution is 6.21. The lowest BCUT2D eigenvalue weighted by Gasteiger charge is -2.30. The van der Waals surface area contributed by atoms with Crippen LogP contribution in [-0.4, -0.2) is 0 Å². The lowest BCUT2D eigenvalue weighted by molar-refractivity contribution is 0.660. The number of nitrogens with zero attached hydrogens (tertiary/aromatic N) is 1. The van der Waals surface area contributed by atoms with Gasteiger partial charge in [-0.2, -0.15) is 0 Å². The van der Waals surface area contributed by atoms with Crippen LogP contribution in [0.15, 0.2) is 205 Å². The van der Waals surface area contributed by atoms with Crippen LogP contribution < -0.4 is 4.90 Å². The molecule has 1 aliphatic carbocycles. The van der Waals surface area contributed by atoms with Crippen LogP contribution in [0.25, 0.3) is 87.6 Å². The number of benzene rings is 10. The largest absolute Gasteiger partial charge is 0.455 e. The molecule has 0 unspecified atom stereocenters. The fourth-order valence-electron chi connectivity index (χ4n) is 10.1. The van der Waals surface area contributed by atoms with Crippen LogP contribution in [0.2, 0.25) is 0 Å². The normalized spacial score (nSPS) is 13.1. The minimum absolute atomic E-state index is 0.148. The molecule has 10 aromatic carbocycles. The van der Waals surface area contributed by atoms with Crippen LogP contribution in [0.3, 0.4) is 0 Å². The van der Waals surface area contributed by atoms with Gasteiger partial charge in [0.1, 0.15) is 11.2 Å². The van der Waals surface area contributed by atoms with E-state index in [1.54, 1.807) is 0 Å². The van der Waals surface area contributed by atoms with E-state index < -0.39 is 0 Å². The van der Waals surface area contributed by atoms with Gasteiger partial charge in [0.25, 0.3) is 0 Å². The molecule has 12 rings (SSSR count). The molecule has 0 atom stereocenters. The number of rotatable bonds is 5. The maximum atomic E-state index is 7.03. The van der Waals surface area contributed by atoms with Crippen LogP contribution in [0, 0.1) is 0 Å². The Kier molecular flexibility index (Phi) is 7.31.